The molecule has 5 heteroatoms. The minimum Gasteiger partial charge on any atom is -0.507 e. The largest absolute Gasteiger partial charge is 0.507 e. The molecule has 126 valence electrons. The monoisotopic (exact) mass is 397 g/mol. The van der Waals surface area contributed by atoms with Crippen LogP contribution in [0.2, 0.25) is 0 Å². The molecule has 1 aliphatic heterocycles. The van der Waals surface area contributed by atoms with Gasteiger partial charge in [0, 0.05) is 16.6 Å². The Kier molecular flexibility index (Phi) is 4.86. The number of aliphatic hydroxyl groups is 1. The Morgan fingerprint density at radius 1 is 1.12 bits per heavy atom. The molecule has 3 rings (SSSR count). The molecule has 25 heavy (non-hydrogen) atoms. The van der Waals surface area contributed by atoms with Gasteiger partial charge in [0.15, 0.2) is 0 Å². The first-order valence-corrected chi connectivity index (χ1v) is 8.54. The molecular formula is C20H16BrNO3. The lowest BCUT2D eigenvalue weighted by molar-refractivity contribution is -0.139. The van der Waals surface area contributed by atoms with Gasteiger partial charge >= 0.3 is 0 Å². The molecule has 1 amide bonds. The lowest BCUT2D eigenvalue weighted by atomic mass is 9.95. The first kappa shape index (κ1) is 17.2. The summed E-state index contributed by atoms with van der Waals surface area (Å²) < 4.78 is 0.889. The van der Waals surface area contributed by atoms with Crippen molar-refractivity contribution in [2.45, 2.75) is 6.04 Å². The van der Waals surface area contributed by atoms with Gasteiger partial charge in [0.1, 0.15) is 5.76 Å². The predicted molar refractivity (Wildman–Crippen MR) is 99.8 cm³/mol. The summed E-state index contributed by atoms with van der Waals surface area (Å²) in [6.45, 7) is 3.88. The van der Waals surface area contributed by atoms with E-state index in [1.54, 1.807) is 30.3 Å². The van der Waals surface area contributed by atoms with Crippen molar-refractivity contribution in [1.82, 2.24) is 4.90 Å². The van der Waals surface area contributed by atoms with Crippen LogP contribution in [-0.4, -0.2) is 28.2 Å². The zero-order valence-corrected chi connectivity index (χ0v) is 14.9. The first-order chi connectivity index (χ1) is 12.0. The Morgan fingerprint density at radius 2 is 1.76 bits per heavy atom. The molecular weight excluding hydrogens is 382 g/mol. The lowest BCUT2D eigenvalue weighted by Gasteiger charge is -2.24. The maximum absolute atomic E-state index is 12.6. The van der Waals surface area contributed by atoms with E-state index in [0.29, 0.717) is 5.56 Å². The van der Waals surface area contributed by atoms with E-state index in [1.807, 2.05) is 30.3 Å². The molecule has 1 atom stereocenters. The Bertz CT molecular complexity index is 856. The number of rotatable bonds is 4. The molecule has 0 spiro atoms. The average Bonchev–Trinajstić information content (AvgIpc) is 2.88. The summed E-state index contributed by atoms with van der Waals surface area (Å²) >= 11 is 3.38. The van der Waals surface area contributed by atoms with Crippen LogP contribution in [0.4, 0.5) is 0 Å². The molecule has 0 unspecified atom stereocenters. The van der Waals surface area contributed by atoms with Gasteiger partial charge in [-0.15, -0.1) is 6.58 Å². The molecule has 4 nitrogen and oxygen atoms in total. The quantitative estimate of drug-likeness (QED) is 0.366. The van der Waals surface area contributed by atoms with E-state index in [9.17, 15) is 14.7 Å². The van der Waals surface area contributed by atoms with Crippen molar-refractivity contribution >= 4 is 33.4 Å². The van der Waals surface area contributed by atoms with Gasteiger partial charge in [-0.1, -0.05) is 64.5 Å². The number of hydrogen-bond donors (Lipinski definition) is 1. The smallest absolute Gasteiger partial charge is 0.295 e. The number of aliphatic hydroxyl groups excluding tert-OH is 1. The third-order valence-corrected chi connectivity index (χ3v) is 4.63. The number of likely N-dealkylation sites (tertiary alicyclic amines) is 1. The molecule has 0 aromatic heterocycles. The predicted octanol–water partition coefficient (Wildman–Crippen LogP) is 4.06. The molecule has 0 aliphatic carbocycles. The lowest BCUT2D eigenvalue weighted by Crippen LogP contribution is -2.29. The Hall–Kier alpha value is -2.66. The third kappa shape index (κ3) is 3.15. The number of Topliss-reactive ketones (excluding diaryl/α,β-unsaturated/α-hetero) is 1. The Labute approximate surface area is 154 Å². The highest BCUT2D eigenvalue weighted by molar-refractivity contribution is 9.10. The molecule has 0 saturated carbocycles. The second-order valence-corrected chi connectivity index (χ2v) is 6.57. The van der Waals surface area contributed by atoms with Gasteiger partial charge in [-0.05, 0) is 17.7 Å². The maximum Gasteiger partial charge on any atom is 0.295 e. The van der Waals surface area contributed by atoms with E-state index in [1.165, 1.54) is 4.90 Å². The SMILES string of the molecule is C=CCN1C(=O)C(=O)C(=C(O)c2ccccc2)[C@H]1c1ccc(Br)cc1. The number of ketones is 1. The zero-order valence-electron chi connectivity index (χ0n) is 13.4. The number of carbonyl (C=O) groups excluding carboxylic acids is 2. The molecule has 0 radical (unpaired) electrons. The Morgan fingerprint density at radius 3 is 2.36 bits per heavy atom. The minimum absolute atomic E-state index is 0.0976. The standard InChI is InChI=1S/C20H16BrNO3/c1-2-12-22-17(13-8-10-15(21)11-9-13)16(19(24)20(22)25)18(23)14-6-4-3-5-7-14/h2-11,17,23H,1,12H2/t17-/m1/s1. The van der Waals surface area contributed by atoms with Crippen LogP contribution in [0.5, 0.6) is 0 Å². The van der Waals surface area contributed by atoms with Crippen molar-refractivity contribution in [1.29, 1.82) is 0 Å². The summed E-state index contributed by atoms with van der Waals surface area (Å²) in [5, 5.41) is 10.7. The summed E-state index contributed by atoms with van der Waals surface area (Å²) in [4.78, 5) is 26.5. The van der Waals surface area contributed by atoms with Gasteiger partial charge in [0.25, 0.3) is 11.7 Å². The van der Waals surface area contributed by atoms with Gasteiger partial charge in [-0.3, -0.25) is 9.59 Å². The maximum atomic E-state index is 12.6. The van der Waals surface area contributed by atoms with Crippen molar-refractivity contribution in [2.75, 3.05) is 6.54 Å². The van der Waals surface area contributed by atoms with Crippen LogP contribution in [0, 0.1) is 0 Å². The molecule has 2 aromatic rings. The van der Waals surface area contributed by atoms with Gasteiger partial charge < -0.3 is 10.0 Å². The van der Waals surface area contributed by atoms with Crippen molar-refractivity contribution in [3.8, 4) is 0 Å². The van der Waals surface area contributed by atoms with Crippen LogP contribution in [0.15, 0.2) is 77.3 Å². The summed E-state index contributed by atoms with van der Waals surface area (Å²) in [6, 6.07) is 15.4. The minimum atomic E-state index is -0.684. The van der Waals surface area contributed by atoms with Crippen LogP contribution < -0.4 is 0 Å². The highest BCUT2D eigenvalue weighted by Gasteiger charge is 2.45. The number of carbonyl (C=O) groups is 2. The summed E-state index contributed by atoms with van der Waals surface area (Å²) in [6.07, 6.45) is 1.57. The Balaban J connectivity index is 2.19. The van der Waals surface area contributed by atoms with Crippen molar-refractivity contribution in [3.63, 3.8) is 0 Å². The normalized spacial score (nSPS) is 19.2. The van der Waals surface area contributed by atoms with Crippen LogP contribution in [0.3, 0.4) is 0 Å². The van der Waals surface area contributed by atoms with Crippen molar-refractivity contribution in [2.24, 2.45) is 0 Å². The molecule has 1 saturated heterocycles. The second-order valence-electron chi connectivity index (χ2n) is 5.66. The fraction of sp³-hybridized carbons (Fsp3) is 0.100. The molecule has 1 fully saturated rings. The first-order valence-electron chi connectivity index (χ1n) is 7.74. The van der Waals surface area contributed by atoms with E-state index in [0.717, 1.165) is 10.0 Å². The van der Waals surface area contributed by atoms with Crippen LogP contribution in [0.1, 0.15) is 17.2 Å². The molecule has 2 aromatic carbocycles. The molecule has 1 N–H and O–H groups in total. The highest BCUT2D eigenvalue weighted by atomic mass is 79.9. The fourth-order valence-corrected chi connectivity index (χ4v) is 3.21. The number of benzene rings is 2. The average molecular weight is 398 g/mol. The van der Waals surface area contributed by atoms with E-state index in [4.69, 9.17) is 0 Å². The third-order valence-electron chi connectivity index (χ3n) is 4.10. The van der Waals surface area contributed by atoms with Crippen molar-refractivity contribution < 1.29 is 14.7 Å². The van der Waals surface area contributed by atoms with Crippen LogP contribution in [0.25, 0.3) is 5.76 Å². The highest BCUT2D eigenvalue weighted by Crippen LogP contribution is 2.39. The second kappa shape index (κ2) is 7.07. The molecule has 1 aliphatic rings. The van der Waals surface area contributed by atoms with Gasteiger partial charge in [-0.25, -0.2) is 0 Å². The van der Waals surface area contributed by atoms with E-state index < -0.39 is 17.7 Å². The van der Waals surface area contributed by atoms with Crippen LogP contribution in [-0.2, 0) is 9.59 Å². The topological polar surface area (TPSA) is 57.6 Å². The van der Waals surface area contributed by atoms with E-state index in [-0.39, 0.29) is 17.9 Å². The number of amides is 1. The summed E-state index contributed by atoms with van der Waals surface area (Å²) in [5.41, 5.74) is 1.35. The van der Waals surface area contributed by atoms with Gasteiger partial charge in [0.2, 0.25) is 0 Å². The zero-order chi connectivity index (χ0) is 18.0. The van der Waals surface area contributed by atoms with E-state index >= 15 is 0 Å². The number of halogens is 1. The van der Waals surface area contributed by atoms with Gasteiger partial charge in [-0.2, -0.15) is 0 Å². The van der Waals surface area contributed by atoms with Crippen molar-refractivity contribution in [3.05, 3.63) is 88.4 Å². The molecule has 1 heterocycles. The summed E-state index contributed by atoms with van der Waals surface area (Å²) in [7, 11) is 0. The number of hydrogen-bond acceptors (Lipinski definition) is 3. The van der Waals surface area contributed by atoms with E-state index in [2.05, 4.69) is 22.5 Å². The fourth-order valence-electron chi connectivity index (χ4n) is 2.95. The molecule has 0 bridgehead atoms. The van der Waals surface area contributed by atoms with Crippen LogP contribution >= 0.6 is 15.9 Å². The summed E-state index contributed by atoms with van der Waals surface area (Å²) in [5.74, 6) is -1.49. The van der Waals surface area contributed by atoms with Gasteiger partial charge in [0.05, 0.1) is 11.6 Å². The number of nitrogens with zero attached hydrogens (tertiary/aromatic N) is 1.